The van der Waals surface area contributed by atoms with Crippen molar-refractivity contribution in [3.05, 3.63) is 0 Å². The lowest BCUT2D eigenvalue weighted by Crippen LogP contribution is -2.56. The Morgan fingerprint density at radius 2 is 1.48 bits per heavy atom. The van der Waals surface area contributed by atoms with E-state index in [1.807, 2.05) is 0 Å². The number of hydrogen-bond acceptors (Lipinski definition) is 4. The summed E-state index contributed by atoms with van der Waals surface area (Å²) in [5, 5.41) is 6.47. The van der Waals surface area contributed by atoms with Crippen LogP contribution in [0.1, 0.15) is 77.6 Å². The number of hydrogen-bond donors (Lipinski definition) is 4. The third-order valence-electron chi connectivity index (χ3n) is 4.82. The van der Waals surface area contributed by atoms with Gasteiger partial charge in [0.2, 0.25) is 0 Å². The molecule has 0 aromatic rings. The van der Waals surface area contributed by atoms with Gasteiger partial charge >= 0.3 is 0 Å². The number of nitrogens with two attached hydrogens (primary N) is 2. The molecule has 1 aliphatic rings. The molecular formula is C19H38N6S2. The van der Waals surface area contributed by atoms with E-state index in [4.69, 9.17) is 35.9 Å². The van der Waals surface area contributed by atoms with E-state index in [2.05, 4.69) is 27.4 Å². The molecule has 0 aromatic heterocycles. The predicted molar refractivity (Wildman–Crippen MR) is 124 cm³/mol. The first kappa shape index (κ1) is 23.9. The maximum Gasteiger partial charge on any atom is 0.165 e. The van der Waals surface area contributed by atoms with Gasteiger partial charge in [-0.05, 0) is 30.9 Å². The third kappa shape index (κ3) is 12.0. The fourth-order valence-electron chi connectivity index (χ4n) is 3.42. The molecule has 1 aliphatic heterocycles. The topological polar surface area (TPSA) is 91.7 Å². The van der Waals surface area contributed by atoms with Crippen LogP contribution in [0.15, 0.2) is 4.99 Å². The molecule has 156 valence electrons. The minimum Gasteiger partial charge on any atom is -0.376 e. The average molecular weight is 415 g/mol. The molecule has 0 aromatic carbocycles. The van der Waals surface area contributed by atoms with Crippen LogP contribution in [-0.4, -0.2) is 46.8 Å². The highest BCUT2D eigenvalue weighted by Crippen LogP contribution is 2.14. The smallest absolute Gasteiger partial charge is 0.165 e. The molecule has 0 atom stereocenters. The summed E-state index contributed by atoms with van der Waals surface area (Å²) in [5.74, 6) is 1.18. The van der Waals surface area contributed by atoms with Crippen LogP contribution in [0, 0.1) is 0 Å². The molecule has 1 heterocycles. The van der Waals surface area contributed by atoms with Gasteiger partial charge in [0.1, 0.15) is 6.17 Å². The molecule has 0 unspecified atom stereocenters. The lowest BCUT2D eigenvalue weighted by atomic mass is 10.1. The van der Waals surface area contributed by atoms with Crippen LogP contribution >= 0.6 is 24.4 Å². The molecule has 0 saturated carbocycles. The molecule has 0 bridgehead atoms. The van der Waals surface area contributed by atoms with Gasteiger partial charge < -0.3 is 27.0 Å². The quantitative estimate of drug-likeness (QED) is 0.186. The summed E-state index contributed by atoms with van der Waals surface area (Å²) in [6, 6.07) is 0. The number of amidine groups is 1. The number of rotatable bonds is 15. The van der Waals surface area contributed by atoms with Crippen molar-refractivity contribution in [1.29, 1.82) is 0 Å². The Morgan fingerprint density at radius 3 is 2.00 bits per heavy atom. The van der Waals surface area contributed by atoms with Gasteiger partial charge in [0.05, 0.1) is 18.9 Å². The molecule has 8 heteroatoms. The van der Waals surface area contributed by atoms with Crippen molar-refractivity contribution in [3.63, 3.8) is 0 Å². The monoisotopic (exact) mass is 414 g/mol. The largest absolute Gasteiger partial charge is 0.376 e. The molecule has 0 radical (unpaired) electrons. The molecule has 6 nitrogen and oxygen atoms in total. The van der Waals surface area contributed by atoms with Gasteiger partial charge in [-0.25, -0.2) is 0 Å². The van der Waals surface area contributed by atoms with Crippen LogP contribution in [0.5, 0.6) is 0 Å². The van der Waals surface area contributed by atoms with Crippen molar-refractivity contribution in [2.24, 2.45) is 16.5 Å². The standard InChI is InChI=1S/C19H38N6S2/c1-2-3-4-5-6-7-8-9-10-11-12-17-22-13-14-25(17)15-16(23-18(20)26)24-19(21)27/h16H,2-15H2,1H3,(H3,20,23,26)(H3,21,24,27). The van der Waals surface area contributed by atoms with E-state index in [9.17, 15) is 0 Å². The number of unbranched alkanes of at least 4 members (excludes halogenated alkanes) is 9. The molecule has 0 saturated heterocycles. The Bertz CT molecular complexity index is 453. The predicted octanol–water partition coefficient (Wildman–Crippen LogP) is 3.00. The molecule has 0 spiro atoms. The van der Waals surface area contributed by atoms with Crippen molar-refractivity contribution in [3.8, 4) is 0 Å². The van der Waals surface area contributed by atoms with Crippen molar-refractivity contribution in [1.82, 2.24) is 15.5 Å². The van der Waals surface area contributed by atoms with Gasteiger partial charge in [-0.15, -0.1) is 0 Å². The highest BCUT2D eigenvalue weighted by atomic mass is 32.1. The van der Waals surface area contributed by atoms with E-state index in [0.29, 0.717) is 6.54 Å². The van der Waals surface area contributed by atoms with Crippen LogP contribution in [0.3, 0.4) is 0 Å². The fraction of sp³-hybridized carbons (Fsp3) is 0.842. The second-order valence-corrected chi connectivity index (χ2v) is 8.13. The van der Waals surface area contributed by atoms with Crippen molar-refractivity contribution < 1.29 is 0 Å². The minimum absolute atomic E-state index is 0.198. The van der Waals surface area contributed by atoms with Gasteiger partial charge in [0, 0.05) is 13.0 Å². The molecular weight excluding hydrogens is 376 g/mol. The van der Waals surface area contributed by atoms with Gasteiger partial charge in [-0.3, -0.25) is 4.99 Å². The molecule has 1 rings (SSSR count). The zero-order valence-corrected chi connectivity index (χ0v) is 18.5. The van der Waals surface area contributed by atoms with E-state index >= 15 is 0 Å². The number of nitrogens with zero attached hydrogens (tertiary/aromatic N) is 2. The zero-order valence-electron chi connectivity index (χ0n) is 16.8. The average Bonchev–Trinajstić information content (AvgIpc) is 3.02. The maximum atomic E-state index is 5.60. The van der Waals surface area contributed by atoms with Crippen LogP contribution < -0.4 is 22.1 Å². The normalized spacial score (nSPS) is 13.7. The Balaban J connectivity index is 2.18. The molecule has 0 fully saturated rings. The fourth-order valence-corrected chi connectivity index (χ4v) is 3.71. The molecule has 6 N–H and O–H groups in total. The summed E-state index contributed by atoms with van der Waals surface area (Å²) >= 11 is 9.88. The van der Waals surface area contributed by atoms with Crippen LogP contribution in [-0.2, 0) is 0 Å². The van der Waals surface area contributed by atoms with Crippen LogP contribution in [0.4, 0.5) is 0 Å². The second-order valence-electron chi connectivity index (χ2n) is 7.25. The van der Waals surface area contributed by atoms with E-state index in [1.54, 1.807) is 0 Å². The second kappa shape index (κ2) is 14.9. The van der Waals surface area contributed by atoms with Crippen molar-refractivity contribution >= 4 is 40.5 Å². The lowest BCUT2D eigenvalue weighted by Gasteiger charge is -2.28. The van der Waals surface area contributed by atoms with Gasteiger partial charge in [-0.1, -0.05) is 64.7 Å². The van der Waals surface area contributed by atoms with Gasteiger partial charge in [0.25, 0.3) is 0 Å². The van der Waals surface area contributed by atoms with E-state index < -0.39 is 0 Å². The summed E-state index contributed by atoms with van der Waals surface area (Å²) in [6.45, 7) is 4.72. The minimum atomic E-state index is -0.198. The summed E-state index contributed by atoms with van der Waals surface area (Å²) in [6.07, 6.45) is 14.3. The summed E-state index contributed by atoms with van der Waals surface area (Å²) in [7, 11) is 0. The first-order valence-electron chi connectivity index (χ1n) is 10.4. The van der Waals surface area contributed by atoms with Gasteiger partial charge in [0.15, 0.2) is 10.2 Å². The summed E-state index contributed by atoms with van der Waals surface area (Å²) in [4.78, 5) is 6.94. The molecule has 0 aliphatic carbocycles. The Labute approximate surface area is 175 Å². The zero-order chi connectivity index (χ0) is 19.9. The highest BCUT2D eigenvalue weighted by Gasteiger charge is 2.21. The summed E-state index contributed by atoms with van der Waals surface area (Å²) in [5.41, 5.74) is 11.2. The Morgan fingerprint density at radius 1 is 0.963 bits per heavy atom. The lowest BCUT2D eigenvalue weighted by molar-refractivity contribution is 0.377. The number of thiocarbonyl (C=S) groups is 2. The highest BCUT2D eigenvalue weighted by molar-refractivity contribution is 7.80. The Kier molecular flexibility index (Phi) is 13.1. The molecule has 0 amide bonds. The maximum absolute atomic E-state index is 5.60. The number of aliphatic imine (C=N–C) groups is 1. The molecule has 27 heavy (non-hydrogen) atoms. The summed E-state index contributed by atoms with van der Waals surface area (Å²) < 4.78 is 0. The van der Waals surface area contributed by atoms with E-state index in [0.717, 1.165) is 19.5 Å². The van der Waals surface area contributed by atoms with Crippen molar-refractivity contribution in [2.45, 2.75) is 83.7 Å². The number of nitrogens with one attached hydrogen (secondary N) is 2. The third-order valence-corrected chi connectivity index (χ3v) is 5.05. The Hall–Kier alpha value is -1.15. The van der Waals surface area contributed by atoms with Crippen molar-refractivity contribution in [2.75, 3.05) is 19.6 Å². The van der Waals surface area contributed by atoms with E-state index in [-0.39, 0.29) is 16.4 Å². The van der Waals surface area contributed by atoms with E-state index in [1.165, 1.54) is 70.0 Å². The van der Waals surface area contributed by atoms with Crippen LogP contribution in [0.25, 0.3) is 0 Å². The van der Waals surface area contributed by atoms with Crippen LogP contribution in [0.2, 0.25) is 0 Å². The SMILES string of the molecule is CCCCCCCCCCCCC1=NCCN1CC(NC(N)=S)NC(N)=S. The van der Waals surface area contributed by atoms with Gasteiger partial charge in [-0.2, -0.15) is 0 Å². The first-order chi connectivity index (χ1) is 13.0. The first-order valence-corrected chi connectivity index (χ1v) is 11.2.